The molecule has 2 unspecified atom stereocenters. The molecule has 0 bridgehead atoms. The molecule has 5 nitrogen and oxygen atoms in total. The van der Waals surface area contributed by atoms with E-state index in [0.29, 0.717) is 28.8 Å². The maximum Gasteiger partial charge on any atom is 0.145 e. The van der Waals surface area contributed by atoms with E-state index in [4.69, 9.17) is 11.6 Å². The number of carbonyl (C=O) groups excluding carboxylic acids is 1. The fraction of sp³-hybridized carbons (Fsp3) is 0.250. The Morgan fingerprint density at radius 3 is 2.79 bits per heavy atom. The van der Waals surface area contributed by atoms with Crippen molar-refractivity contribution in [1.82, 2.24) is 9.55 Å². The minimum Gasteiger partial charge on any atom is -0.388 e. The highest BCUT2D eigenvalue weighted by Gasteiger charge is 2.16. The molecule has 130 valence electrons. The van der Waals surface area contributed by atoms with Crippen molar-refractivity contribution in [1.29, 1.82) is 0 Å². The molecule has 0 aliphatic carbocycles. The van der Waals surface area contributed by atoms with Gasteiger partial charge in [0.25, 0.3) is 0 Å². The van der Waals surface area contributed by atoms with E-state index in [1.165, 1.54) is 0 Å². The summed E-state index contributed by atoms with van der Waals surface area (Å²) >= 11 is 8.30. The van der Waals surface area contributed by atoms with Gasteiger partial charge in [-0.25, -0.2) is 4.45 Å². The van der Waals surface area contributed by atoms with E-state index >= 15 is 0 Å². The monoisotopic (exact) mass is 480 g/mol. The molecule has 0 saturated carbocycles. The average molecular weight is 481 g/mol. The number of aliphatic hydroxyl groups excluding tert-OH is 1. The van der Waals surface area contributed by atoms with Crippen LogP contribution in [0.4, 0.5) is 0 Å². The van der Waals surface area contributed by atoms with Crippen LogP contribution in [-0.4, -0.2) is 35.2 Å². The van der Waals surface area contributed by atoms with Crippen LogP contribution in [0.15, 0.2) is 42.7 Å². The summed E-state index contributed by atoms with van der Waals surface area (Å²) in [7, 11) is 3.25. The third-order valence-electron chi connectivity index (χ3n) is 2.98. The van der Waals surface area contributed by atoms with Crippen LogP contribution >= 0.6 is 40.0 Å². The Labute approximate surface area is 161 Å². The van der Waals surface area contributed by atoms with Gasteiger partial charge < -0.3 is 9.84 Å². The summed E-state index contributed by atoms with van der Waals surface area (Å²) in [6, 6.07) is 5.28. The van der Waals surface area contributed by atoms with E-state index < -0.39 is 6.10 Å². The summed E-state index contributed by atoms with van der Waals surface area (Å²) in [5, 5.41) is 15.2. The predicted molar refractivity (Wildman–Crippen MR) is 108 cm³/mol. The van der Waals surface area contributed by atoms with Crippen molar-refractivity contribution in [3.8, 4) is 11.1 Å². The fourth-order valence-corrected chi connectivity index (χ4v) is 3.24. The van der Waals surface area contributed by atoms with Crippen LogP contribution in [0.25, 0.3) is 11.1 Å². The summed E-state index contributed by atoms with van der Waals surface area (Å²) < 4.78 is 6.07. The smallest absolute Gasteiger partial charge is 0.145 e. The number of benzene rings is 1. The molecule has 0 radical (unpaired) electrons. The lowest BCUT2D eigenvalue weighted by Gasteiger charge is -2.15. The molecule has 1 heterocycles. The molecular formula is C16H19ClIN2O3P. The minimum atomic E-state index is -0.805. The number of ether oxygens (including phenoxy) is 1. The van der Waals surface area contributed by atoms with E-state index in [0.717, 1.165) is 11.1 Å². The molecule has 2 rings (SSSR count). The molecule has 1 aromatic heterocycles. The summed E-state index contributed by atoms with van der Waals surface area (Å²) in [6.07, 6.45) is 4.19. The molecule has 0 amide bonds. The first kappa shape index (κ1) is 21.3. The summed E-state index contributed by atoms with van der Waals surface area (Å²) in [5.41, 5.74) is 2.76. The van der Waals surface area contributed by atoms with Gasteiger partial charge in [-0.1, -0.05) is 24.2 Å². The van der Waals surface area contributed by atoms with Gasteiger partial charge in [-0.05, 0) is 50.9 Å². The summed E-state index contributed by atoms with van der Waals surface area (Å²) in [6.45, 7) is 3.61. The third-order valence-corrected chi connectivity index (χ3v) is 5.11. The molecule has 2 atom stereocenters. The van der Waals surface area contributed by atoms with Crippen LogP contribution in [0.5, 0.6) is 0 Å². The number of aliphatic hydroxyl groups is 1. The molecule has 8 heteroatoms. The molecular weight excluding hydrogens is 462 g/mol. The van der Waals surface area contributed by atoms with Crippen molar-refractivity contribution in [2.75, 3.05) is 14.2 Å². The van der Waals surface area contributed by atoms with E-state index in [-0.39, 0.29) is 6.42 Å². The van der Waals surface area contributed by atoms with Crippen molar-refractivity contribution in [3.63, 3.8) is 0 Å². The predicted octanol–water partition coefficient (Wildman–Crippen LogP) is 4.44. The Balaban J connectivity index is 0.000000891. The number of nitrogens with zero attached hydrogens (tertiary/aromatic N) is 2. The normalized spacial score (nSPS) is 11.9. The number of rotatable bonds is 6. The Bertz CT molecular complexity index is 694. The van der Waals surface area contributed by atoms with E-state index in [1.807, 2.05) is 10.6 Å². The lowest BCUT2D eigenvalue weighted by molar-refractivity contribution is -0.105. The highest BCUT2D eigenvalue weighted by atomic mass is 127. The number of hydrogen-bond acceptors (Lipinski definition) is 4. The van der Waals surface area contributed by atoms with E-state index in [2.05, 4.69) is 38.5 Å². The highest BCUT2D eigenvalue weighted by Crippen LogP contribution is 2.34. The van der Waals surface area contributed by atoms with Crippen LogP contribution in [0, 0.1) is 0 Å². The van der Waals surface area contributed by atoms with Gasteiger partial charge in [0.2, 0.25) is 0 Å². The zero-order valence-corrected chi connectivity index (χ0v) is 17.3. The molecule has 1 N–H and O–H groups in total. The van der Waals surface area contributed by atoms with Crippen molar-refractivity contribution < 1.29 is 14.6 Å². The van der Waals surface area contributed by atoms with E-state index in [9.17, 15) is 9.90 Å². The van der Waals surface area contributed by atoms with Crippen molar-refractivity contribution in [2.45, 2.75) is 12.5 Å². The number of aldehydes is 1. The molecule has 0 spiro atoms. The third kappa shape index (κ3) is 6.26. The van der Waals surface area contributed by atoms with Gasteiger partial charge in [0.15, 0.2) is 0 Å². The topological polar surface area (TPSA) is 64.3 Å². The van der Waals surface area contributed by atoms with Gasteiger partial charge in [-0.2, -0.15) is 5.10 Å². The molecule has 0 saturated heterocycles. The molecule has 1 aromatic carbocycles. The Morgan fingerprint density at radius 2 is 2.25 bits per heavy atom. The number of carbonyl (C=O) groups is 1. The van der Waals surface area contributed by atoms with Crippen molar-refractivity contribution in [3.05, 3.63) is 53.3 Å². The van der Waals surface area contributed by atoms with Crippen LogP contribution in [0.3, 0.4) is 0 Å². The van der Waals surface area contributed by atoms with Gasteiger partial charge in [-0.3, -0.25) is 4.79 Å². The minimum absolute atomic E-state index is 0.195. The van der Waals surface area contributed by atoms with Crippen molar-refractivity contribution >= 4 is 46.3 Å². The summed E-state index contributed by atoms with van der Waals surface area (Å²) in [4.78, 5) is 10.7. The zero-order valence-electron chi connectivity index (χ0n) is 13.4. The fourth-order valence-electron chi connectivity index (χ4n) is 1.98. The first-order valence-electron chi connectivity index (χ1n) is 6.89. The maximum atomic E-state index is 10.7. The molecule has 0 fully saturated rings. The lowest BCUT2D eigenvalue weighted by atomic mass is 9.95. The van der Waals surface area contributed by atoms with Crippen LogP contribution in [0.1, 0.15) is 18.1 Å². The number of halogens is 2. The average Bonchev–Trinajstić information content (AvgIpc) is 3.04. The van der Waals surface area contributed by atoms with Gasteiger partial charge in [0, 0.05) is 37.4 Å². The summed E-state index contributed by atoms with van der Waals surface area (Å²) in [5.74, 6) is 0. The van der Waals surface area contributed by atoms with Crippen LogP contribution in [0.2, 0.25) is 5.02 Å². The first-order valence-corrected chi connectivity index (χ1v) is 11.3. The first-order chi connectivity index (χ1) is 11.5. The largest absolute Gasteiger partial charge is 0.388 e. The molecule has 24 heavy (non-hydrogen) atoms. The van der Waals surface area contributed by atoms with Crippen molar-refractivity contribution in [2.24, 2.45) is 0 Å². The van der Waals surface area contributed by atoms with Gasteiger partial charge in [0.1, 0.15) is 6.29 Å². The van der Waals surface area contributed by atoms with Gasteiger partial charge >= 0.3 is 0 Å². The highest BCUT2D eigenvalue weighted by molar-refractivity contribution is 14.2. The molecule has 0 aliphatic rings. The second-order valence-corrected chi connectivity index (χ2v) is 7.40. The van der Waals surface area contributed by atoms with Crippen LogP contribution in [-0.2, 0) is 9.53 Å². The molecule has 2 aromatic rings. The number of hydrogen-bond donors (Lipinski definition) is 1. The van der Waals surface area contributed by atoms with Gasteiger partial charge in [0.05, 0.1) is 18.7 Å². The number of methoxy groups -OCH3 is 1. The Hall–Kier alpha value is -0.790. The lowest BCUT2D eigenvalue weighted by Crippen LogP contribution is -2.01. The van der Waals surface area contributed by atoms with Gasteiger partial charge in [-0.15, -0.1) is 0 Å². The second kappa shape index (κ2) is 10.9. The Morgan fingerprint density at radius 1 is 1.58 bits per heavy atom. The second-order valence-electron chi connectivity index (χ2n) is 4.89. The maximum absolute atomic E-state index is 10.7. The SMILES string of the molecule is C=C(C=O)CC(O)c1ccc(Cl)cc1-c1cnn(PI)c1.COC. The molecule has 0 aliphatic heterocycles. The van der Waals surface area contributed by atoms with E-state index in [1.54, 1.807) is 38.6 Å². The quantitative estimate of drug-likeness (QED) is 0.287. The Kier molecular flexibility index (Phi) is 9.69. The van der Waals surface area contributed by atoms with Crippen LogP contribution < -0.4 is 0 Å². The number of aromatic nitrogens is 2. The zero-order chi connectivity index (χ0) is 18.1. The standard InChI is InChI=1S/C14H13ClIN2O2P.C2H6O/c1-9(8-19)4-14(20)12-3-2-11(15)5-13(12)10-6-17-18(7-10)21-16;1-3-2/h2-3,5-8,14,20-21H,1,4H2;1-2H3.